The first kappa shape index (κ1) is 11.9. The number of allylic oxidation sites excluding steroid dienone is 3. The van der Waals surface area contributed by atoms with E-state index in [-0.39, 0.29) is 0 Å². The van der Waals surface area contributed by atoms with Crippen molar-refractivity contribution >= 4 is 11.8 Å². The fourth-order valence-electron chi connectivity index (χ4n) is 3.74. The molecule has 0 amide bonds. The van der Waals surface area contributed by atoms with Crippen LogP contribution >= 0.6 is 11.8 Å². The van der Waals surface area contributed by atoms with Crippen LogP contribution in [0.15, 0.2) is 47.2 Å². The highest BCUT2D eigenvalue weighted by Gasteiger charge is 2.35. The second kappa shape index (κ2) is 4.57. The number of rotatable bonds is 2. The highest BCUT2D eigenvalue weighted by molar-refractivity contribution is 8.03. The van der Waals surface area contributed by atoms with Gasteiger partial charge in [0.1, 0.15) is 0 Å². The van der Waals surface area contributed by atoms with E-state index >= 15 is 0 Å². The largest absolute Gasteiger partial charge is 0.349 e. The first-order chi connectivity index (χ1) is 9.33. The lowest BCUT2D eigenvalue weighted by atomic mass is 9.95. The molecule has 2 nitrogen and oxygen atoms in total. The van der Waals surface area contributed by atoms with Crippen LogP contribution in [0.25, 0.3) is 0 Å². The summed E-state index contributed by atoms with van der Waals surface area (Å²) in [4.78, 5) is 6.53. The van der Waals surface area contributed by atoms with Crippen LogP contribution < -0.4 is 0 Å². The predicted octanol–water partition coefficient (Wildman–Crippen LogP) is 2.98. The smallest absolute Gasteiger partial charge is 0.0461 e. The zero-order valence-corrected chi connectivity index (χ0v) is 12.0. The summed E-state index contributed by atoms with van der Waals surface area (Å²) in [6, 6.07) is 0.680. The Balaban J connectivity index is 1.56. The Morgan fingerprint density at radius 2 is 2.32 bits per heavy atom. The average molecular weight is 272 g/mol. The Labute approximate surface area is 119 Å². The van der Waals surface area contributed by atoms with Gasteiger partial charge >= 0.3 is 0 Å². The van der Waals surface area contributed by atoms with Crippen molar-refractivity contribution in [2.45, 2.75) is 18.9 Å². The van der Waals surface area contributed by atoms with Crippen LogP contribution in [0, 0.1) is 5.92 Å². The molecule has 100 valence electrons. The Hall–Kier alpha value is -0.930. The molecule has 2 bridgehead atoms. The highest BCUT2D eigenvalue weighted by Crippen LogP contribution is 2.41. The van der Waals surface area contributed by atoms with E-state index in [9.17, 15) is 0 Å². The van der Waals surface area contributed by atoms with Crippen LogP contribution in [-0.4, -0.2) is 41.2 Å². The summed E-state index contributed by atoms with van der Waals surface area (Å²) < 4.78 is 0. The van der Waals surface area contributed by atoms with Crippen molar-refractivity contribution in [2.24, 2.45) is 5.92 Å². The number of thioether (sulfide) groups is 1. The maximum absolute atomic E-state index is 3.92. The van der Waals surface area contributed by atoms with Crippen molar-refractivity contribution in [1.82, 2.24) is 9.80 Å². The predicted molar refractivity (Wildman–Crippen MR) is 81.7 cm³/mol. The minimum atomic E-state index is 0.680. The fourth-order valence-corrected chi connectivity index (χ4v) is 4.88. The third-order valence-corrected chi connectivity index (χ3v) is 5.88. The van der Waals surface area contributed by atoms with Crippen molar-refractivity contribution in [1.29, 1.82) is 0 Å². The number of piperidine rings is 1. The normalized spacial score (nSPS) is 36.5. The SMILES string of the molecule is C=CC1=C2C=CN([C@@H]3C[C@H]4CCN(C4)C3)C=C2SC1. The molecule has 0 N–H and O–H groups in total. The standard InChI is InChI=1S/C16H20N2S/c1-2-13-11-19-16-10-18(6-4-15(13)16)14-7-12-3-5-17(8-12)9-14/h2,4,6,10,12,14H,1,3,5,7-9,11H2/t12-,14-/m1/s1. The van der Waals surface area contributed by atoms with Crippen LogP contribution in [-0.2, 0) is 0 Å². The summed E-state index contributed by atoms with van der Waals surface area (Å²) in [5, 5.41) is 0. The second-order valence-corrected chi connectivity index (χ2v) is 7.01. The van der Waals surface area contributed by atoms with Crippen molar-refractivity contribution in [3.8, 4) is 0 Å². The maximum atomic E-state index is 3.92. The van der Waals surface area contributed by atoms with E-state index in [1.54, 1.807) is 0 Å². The van der Waals surface area contributed by atoms with E-state index in [0.29, 0.717) is 6.04 Å². The summed E-state index contributed by atoms with van der Waals surface area (Å²) in [6.07, 6.45) is 11.7. The molecule has 2 fully saturated rings. The highest BCUT2D eigenvalue weighted by atomic mass is 32.2. The fraction of sp³-hybridized carbons (Fsp3) is 0.500. The van der Waals surface area contributed by atoms with Gasteiger partial charge in [0.2, 0.25) is 0 Å². The van der Waals surface area contributed by atoms with Crippen LogP contribution in [0.4, 0.5) is 0 Å². The molecule has 3 heteroatoms. The third kappa shape index (κ3) is 2.00. The molecule has 0 aromatic carbocycles. The summed E-state index contributed by atoms with van der Waals surface area (Å²) in [5.41, 5.74) is 2.79. The number of hydrogen-bond acceptors (Lipinski definition) is 3. The first-order valence-electron chi connectivity index (χ1n) is 7.22. The summed E-state index contributed by atoms with van der Waals surface area (Å²) in [6.45, 7) is 7.81. The van der Waals surface area contributed by atoms with Gasteiger partial charge in [-0.2, -0.15) is 0 Å². The van der Waals surface area contributed by atoms with Crippen molar-refractivity contribution in [3.63, 3.8) is 0 Å². The molecule has 3 atom stereocenters. The second-order valence-electron chi connectivity index (χ2n) is 5.99. The van der Waals surface area contributed by atoms with Gasteiger partial charge in [-0.1, -0.05) is 12.7 Å². The van der Waals surface area contributed by atoms with Gasteiger partial charge in [-0.3, -0.25) is 0 Å². The summed E-state index contributed by atoms with van der Waals surface area (Å²) in [7, 11) is 0. The summed E-state index contributed by atoms with van der Waals surface area (Å²) >= 11 is 1.95. The minimum absolute atomic E-state index is 0.680. The molecular weight excluding hydrogens is 252 g/mol. The molecule has 1 unspecified atom stereocenters. The monoisotopic (exact) mass is 272 g/mol. The molecule has 4 rings (SSSR count). The minimum Gasteiger partial charge on any atom is -0.349 e. The molecule has 0 spiro atoms. The zero-order valence-electron chi connectivity index (χ0n) is 11.2. The van der Waals surface area contributed by atoms with Crippen LogP contribution in [0.1, 0.15) is 12.8 Å². The molecule has 0 saturated carbocycles. The van der Waals surface area contributed by atoms with E-state index in [2.05, 4.69) is 34.9 Å². The lowest BCUT2D eigenvalue weighted by Gasteiger charge is -2.37. The molecule has 0 radical (unpaired) electrons. The Bertz CT molecular complexity index is 491. The van der Waals surface area contributed by atoms with Crippen molar-refractivity contribution < 1.29 is 0 Å². The van der Waals surface area contributed by atoms with Gasteiger partial charge < -0.3 is 9.80 Å². The van der Waals surface area contributed by atoms with E-state index in [1.807, 2.05) is 17.8 Å². The van der Waals surface area contributed by atoms with Gasteiger partial charge in [-0.05, 0) is 42.5 Å². The third-order valence-electron chi connectivity index (χ3n) is 4.79. The molecule has 0 aromatic heterocycles. The number of hydrogen-bond donors (Lipinski definition) is 0. The molecule has 4 aliphatic heterocycles. The van der Waals surface area contributed by atoms with E-state index in [1.165, 1.54) is 48.5 Å². The summed E-state index contributed by atoms with van der Waals surface area (Å²) in [5.74, 6) is 2.02. The Morgan fingerprint density at radius 3 is 3.16 bits per heavy atom. The van der Waals surface area contributed by atoms with Gasteiger partial charge in [-0.25, -0.2) is 0 Å². The topological polar surface area (TPSA) is 6.48 Å². The first-order valence-corrected chi connectivity index (χ1v) is 8.20. The Kier molecular flexibility index (Phi) is 2.85. The van der Waals surface area contributed by atoms with Gasteiger partial charge in [0.05, 0.1) is 0 Å². The van der Waals surface area contributed by atoms with Crippen molar-refractivity contribution in [3.05, 3.63) is 47.2 Å². The molecule has 2 saturated heterocycles. The Morgan fingerprint density at radius 1 is 1.37 bits per heavy atom. The van der Waals surface area contributed by atoms with E-state index in [4.69, 9.17) is 0 Å². The molecule has 4 heterocycles. The number of nitrogens with zero attached hydrogens (tertiary/aromatic N) is 2. The van der Waals surface area contributed by atoms with Crippen LogP contribution in [0.2, 0.25) is 0 Å². The molecule has 0 aromatic rings. The van der Waals surface area contributed by atoms with Crippen molar-refractivity contribution in [2.75, 3.05) is 25.4 Å². The number of fused-ring (bicyclic) bond motifs is 3. The van der Waals surface area contributed by atoms with Gasteiger partial charge in [-0.15, -0.1) is 11.8 Å². The van der Waals surface area contributed by atoms with Gasteiger partial charge in [0.25, 0.3) is 0 Å². The van der Waals surface area contributed by atoms with Crippen LogP contribution in [0.3, 0.4) is 0 Å². The van der Waals surface area contributed by atoms with E-state index in [0.717, 1.165) is 11.7 Å². The van der Waals surface area contributed by atoms with Crippen LogP contribution in [0.5, 0.6) is 0 Å². The lowest BCUT2D eigenvalue weighted by molar-refractivity contribution is 0.173. The molecular formula is C16H20N2S. The quantitative estimate of drug-likeness (QED) is 0.763. The molecule has 4 aliphatic rings. The zero-order chi connectivity index (χ0) is 12.8. The van der Waals surface area contributed by atoms with Gasteiger partial charge in [0, 0.05) is 42.2 Å². The molecule has 19 heavy (non-hydrogen) atoms. The maximum Gasteiger partial charge on any atom is 0.0461 e. The van der Waals surface area contributed by atoms with Gasteiger partial charge in [0.15, 0.2) is 0 Å². The van der Waals surface area contributed by atoms with E-state index < -0.39 is 0 Å². The average Bonchev–Trinajstić information content (AvgIpc) is 3.01. The molecule has 0 aliphatic carbocycles. The lowest BCUT2D eigenvalue weighted by Crippen LogP contribution is -2.43.